The van der Waals surface area contributed by atoms with Gasteiger partial charge in [0.25, 0.3) is 10.0 Å². The number of aromatic nitrogens is 2. The molecule has 1 aliphatic rings. The summed E-state index contributed by atoms with van der Waals surface area (Å²) in [6.45, 7) is -0.158. The van der Waals surface area contributed by atoms with Gasteiger partial charge in [0.05, 0.1) is 12.7 Å². The van der Waals surface area contributed by atoms with Crippen LogP contribution in [0.1, 0.15) is 32.1 Å². The van der Waals surface area contributed by atoms with Gasteiger partial charge in [0.15, 0.2) is 5.03 Å². The zero-order chi connectivity index (χ0) is 15.5. The molecular formula is C13H22N4O3S. The lowest BCUT2D eigenvalue weighted by Gasteiger charge is -2.32. The SMILES string of the molecule is CN(C(=O)CN(C)S(=O)(=O)c1ccn[nH]1)C1CCCCC1. The highest BCUT2D eigenvalue weighted by Gasteiger charge is 2.28. The first-order valence-electron chi connectivity index (χ1n) is 7.14. The van der Waals surface area contributed by atoms with Crippen LogP contribution < -0.4 is 0 Å². The Hall–Kier alpha value is -1.41. The van der Waals surface area contributed by atoms with Crippen molar-refractivity contribution in [2.24, 2.45) is 0 Å². The maximum Gasteiger partial charge on any atom is 0.260 e. The minimum absolute atomic E-state index is 0.00174. The zero-order valence-corrected chi connectivity index (χ0v) is 13.3. The van der Waals surface area contributed by atoms with E-state index < -0.39 is 10.0 Å². The maximum absolute atomic E-state index is 12.3. The number of nitrogens with one attached hydrogen (secondary N) is 1. The molecular weight excluding hydrogens is 292 g/mol. The van der Waals surface area contributed by atoms with Crippen LogP contribution in [0.25, 0.3) is 0 Å². The Morgan fingerprint density at radius 3 is 2.57 bits per heavy atom. The summed E-state index contributed by atoms with van der Waals surface area (Å²) >= 11 is 0. The summed E-state index contributed by atoms with van der Waals surface area (Å²) in [6.07, 6.45) is 6.84. The molecule has 21 heavy (non-hydrogen) atoms. The summed E-state index contributed by atoms with van der Waals surface area (Å²) in [5.41, 5.74) is 0. The number of rotatable bonds is 5. The summed E-state index contributed by atoms with van der Waals surface area (Å²) < 4.78 is 25.5. The minimum atomic E-state index is -3.69. The van der Waals surface area contributed by atoms with E-state index in [9.17, 15) is 13.2 Å². The van der Waals surface area contributed by atoms with Crippen LogP contribution in [0.2, 0.25) is 0 Å². The Morgan fingerprint density at radius 2 is 2.00 bits per heavy atom. The van der Waals surface area contributed by atoms with Gasteiger partial charge in [0.1, 0.15) is 0 Å². The monoisotopic (exact) mass is 314 g/mol. The van der Waals surface area contributed by atoms with E-state index in [4.69, 9.17) is 0 Å². The number of hydrogen-bond donors (Lipinski definition) is 1. The lowest BCUT2D eigenvalue weighted by Crippen LogP contribution is -2.44. The van der Waals surface area contributed by atoms with Crippen molar-refractivity contribution in [2.45, 2.75) is 43.2 Å². The van der Waals surface area contributed by atoms with Gasteiger partial charge in [-0.3, -0.25) is 9.89 Å². The van der Waals surface area contributed by atoms with Crippen molar-refractivity contribution in [1.29, 1.82) is 0 Å². The normalized spacial score (nSPS) is 17.1. The summed E-state index contributed by atoms with van der Waals surface area (Å²) in [6, 6.07) is 1.61. The van der Waals surface area contributed by atoms with Gasteiger partial charge in [-0.1, -0.05) is 19.3 Å². The Labute approximate surface area is 125 Å². The first-order chi connectivity index (χ1) is 9.93. The Bertz CT molecular complexity index is 564. The van der Waals surface area contributed by atoms with Crippen molar-refractivity contribution in [3.63, 3.8) is 0 Å². The van der Waals surface area contributed by atoms with E-state index in [1.807, 2.05) is 0 Å². The van der Waals surface area contributed by atoms with Crippen LogP contribution in [0, 0.1) is 0 Å². The number of sulfonamides is 1. The number of hydrogen-bond acceptors (Lipinski definition) is 4. The van der Waals surface area contributed by atoms with Crippen LogP contribution in [0.3, 0.4) is 0 Å². The molecule has 0 aromatic carbocycles. The quantitative estimate of drug-likeness (QED) is 0.872. The standard InChI is InChI=1S/C13H22N4O3S/c1-16(21(19,20)12-8-9-14-15-12)10-13(18)17(2)11-6-4-3-5-7-11/h8-9,11H,3-7,10H2,1-2H3,(H,14,15). The molecule has 118 valence electrons. The molecule has 1 aliphatic carbocycles. The second-order valence-corrected chi connectivity index (χ2v) is 7.49. The highest BCUT2D eigenvalue weighted by atomic mass is 32.2. The third kappa shape index (κ3) is 3.62. The van der Waals surface area contributed by atoms with Gasteiger partial charge in [-0.05, 0) is 18.9 Å². The van der Waals surface area contributed by atoms with Gasteiger partial charge in [-0.2, -0.15) is 9.40 Å². The van der Waals surface area contributed by atoms with Gasteiger partial charge in [0.2, 0.25) is 5.91 Å². The fourth-order valence-electron chi connectivity index (χ4n) is 2.61. The number of likely N-dealkylation sites (N-methyl/N-ethyl adjacent to an activating group) is 2. The molecule has 1 saturated carbocycles. The average molecular weight is 314 g/mol. The molecule has 0 unspecified atom stereocenters. The topological polar surface area (TPSA) is 86.4 Å². The van der Waals surface area contributed by atoms with E-state index in [0.29, 0.717) is 0 Å². The summed E-state index contributed by atoms with van der Waals surface area (Å²) in [4.78, 5) is 14.0. The Balaban J connectivity index is 1.98. The third-order valence-corrected chi connectivity index (χ3v) is 5.77. The molecule has 0 bridgehead atoms. The molecule has 0 aliphatic heterocycles. The van der Waals surface area contributed by atoms with Crippen LogP contribution >= 0.6 is 0 Å². The second kappa shape index (κ2) is 6.57. The van der Waals surface area contributed by atoms with Crippen molar-refractivity contribution in [2.75, 3.05) is 20.6 Å². The van der Waals surface area contributed by atoms with Gasteiger partial charge < -0.3 is 4.90 Å². The molecule has 1 aromatic rings. The fraction of sp³-hybridized carbons (Fsp3) is 0.692. The van der Waals surface area contributed by atoms with Crippen LogP contribution in [0.5, 0.6) is 0 Å². The third-order valence-electron chi connectivity index (χ3n) is 4.04. The number of carbonyl (C=O) groups excluding carboxylic acids is 1. The van der Waals surface area contributed by atoms with Crippen molar-refractivity contribution < 1.29 is 13.2 Å². The molecule has 1 N–H and O–H groups in total. The number of nitrogens with zero attached hydrogens (tertiary/aromatic N) is 3. The van der Waals surface area contributed by atoms with Gasteiger partial charge in [0, 0.05) is 20.1 Å². The van der Waals surface area contributed by atoms with E-state index >= 15 is 0 Å². The maximum atomic E-state index is 12.3. The highest BCUT2D eigenvalue weighted by molar-refractivity contribution is 7.89. The van der Waals surface area contributed by atoms with Crippen molar-refractivity contribution >= 4 is 15.9 Å². The number of amides is 1. The largest absolute Gasteiger partial charge is 0.342 e. The van der Waals surface area contributed by atoms with Crippen LogP contribution in [0.15, 0.2) is 17.3 Å². The van der Waals surface area contributed by atoms with Crippen LogP contribution in [-0.2, 0) is 14.8 Å². The summed E-state index contributed by atoms with van der Waals surface area (Å²) in [5, 5.41) is 6.05. The van der Waals surface area contributed by atoms with Crippen molar-refractivity contribution in [3.8, 4) is 0 Å². The first-order valence-corrected chi connectivity index (χ1v) is 8.58. The first kappa shape index (κ1) is 16.0. The summed E-state index contributed by atoms with van der Waals surface area (Å²) in [7, 11) is -0.523. The van der Waals surface area contributed by atoms with E-state index in [0.717, 1.165) is 30.0 Å². The molecule has 1 heterocycles. The molecule has 2 rings (SSSR count). The molecule has 1 amide bonds. The highest BCUT2D eigenvalue weighted by Crippen LogP contribution is 2.22. The lowest BCUT2D eigenvalue weighted by molar-refractivity contribution is -0.132. The van der Waals surface area contributed by atoms with Crippen molar-refractivity contribution in [1.82, 2.24) is 19.4 Å². The van der Waals surface area contributed by atoms with Gasteiger partial charge >= 0.3 is 0 Å². The molecule has 7 nitrogen and oxygen atoms in total. The number of carbonyl (C=O) groups is 1. The van der Waals surface area contributed by atoms with E-state index in [1.54, 1.807) is 11.9 Å². The molecule has 1 fully saturated rings. The number of aromatic amines is 1. The second-order valence-electron chi connectivity index (χ2n) is 5.48. The van der Waals surface area contributed by atoms with Gasteiger partial charge in [-0.15, -0.1) is 0 Å². The predicted octanol–water partition coefficient (Wildman–Crippen LogP) is 0.821. The molecule has 1 aromatic heterocycles. The average Bonchev–Trinajstić information content (AvgIpc) is 3.02. The number of H-pyrrole nitrogens is 1. The van der Waals surface area contributed by atoms with Gasteiger partial charge in [-0.25, -0.2) is 8.42 Å². The van der Waals surface area contributed by atoms with E-state index in [-0.39, 0.29) is 23.5 Å². The Kier molecular flexibility index (Phi) is 5.00. The molecule has 8 heteroatoms. The van der Waals surface area contributed by atoms with Crippen molar-refractivity contribution in [3.05, 3.63) is 12.3 Å². The Morgan fingerprint density at radius 1 is 1.33 bits per heavy atom. The van der Waals surface area contributed by atoms with E-state index in [1.165, 1.54) is 25.7 Å². The van der Waals surface area contributed by atoms with Crippen LogP contribution in [-0.4, -0.2) is 60.4 Å². The molecule has 0 spiro atoms. The molecule has 0 atom stereocenters. The summed E-state index contributed by atoms with van der Waals surface area (Å²) in [5.74, 6) is -0.174. The minimum Gasteiger partial charge on any atom is -0.342 e. The predicted molar refractivity (Wildman–Crippen MR) is 78.0 cm³/mol. The molecule has 0 saturated heterocycles. The molecule has 0 radical (unpaired) electrons. The zero-order valence-electron chi connectivity index (χ0n) is 12.4. The lowest BCUT2D eigenvalue weighted by atomic mass is 9.94. The fourth-order valence-corrected chi connectivity index (χ4v) is 3.63. The smallest absolute Gasteiger partial charge is 0.260 e. The van der Waals surface area contributed by atoms with E-state index in [2.05, 4.69) is 10.2 Å². The van der Waals surface area contributed by atoms with Crippen LogP contribution in [0.4, 0.5) is 0 Å².